The first-order valence-corrected chi connectivity index (χ1v) is 7.91. The van der Waals surface area contributed by atoms with Crippen molar-refractivity contribution in [2.45, 2.75) is 39.3 Å². The molecule has 1 N–H and O–H groups in total. The summed E-state index contributed by atoms with van der Waals surface area (Å²) in [6.07, 6.45) is 1.05. The molecule has 0 spiro atoms. The second-order valence-corrected chi connectivity index (χ2v) is 6.45. The zero-order valence-electron chi connectivity index (χ0n) is 12.4. The van der Waals surface area contributed by atoms with Gasteiger partial charge in [-0.1, -0.05) is 57.9 Å². The highest BCUT2D eigenvalue weighted by atomic mass is 79.9. The van der Waals surface area contributed by atoms with Gasteiger partial charge in [-0.25, -0.2) is 0 Å². The second kappa shape index (κ2) is 7.05. The molecule has 0 aliphatic heterocycles. The summed E-state index contributed by atoms with van der Waals surface area (Å²) in [6.45, 7) is 6.61. The predicted molar refractivity (Wildman–Crippen MR) is 90.0 cm³/mol. The zero-order chi connectivity index (χ0) is 14.5. The van der Waals surface area contributed by atoms with Crippen molar-refractivity contribution in [2.75, 3.05) is 0 Å². The Morgan fingerprint density at radius 3 is 2.40 bits per heavy atom. The molecule has 2 rings (SSSR count). The maximum Gasteiger partial charge on any atom is 0.0294 e. The van der Waals surface area contributed by atoms with E-state index in [1.54, 1.807) is 0 Å². The van der Waals surface area contributed by atoms with E-state index in [1.165, 1.54) is 16.7 Å². The summed E-state index contributed by atoms with van der Waals surface area (Å²) in [5.41, 5.74) is 4.04. The van der Waals surface area contributed by atoms with E-state index in [2.05, 4.69) is 90.5 Å². The van der Waals surface area contributed by atoms with Crippen LogP contribution in [0.3, 0.4) is 0 Å². The molecule has 0 fully saturated rings. The van der Waals surface area contributed by atoms with E-state index in [4.69, 9.17) is 0 Å². The van der Waals surface area contributed by atoms with Crippen LogP contribution in [0.15, 0.2) is 53.0 Å². The first kappa shape index (κ1) is 15.3. The minimum absolute atomic E-state index is 0.375. The largest absolute Gasteiger partial charge is 0.307 e. The van der Waals surface area contributed by atoms with E-state index in [0.717, 1.165) is 10.9 Å². The van der Waals surface area contributed by atoms with E-state index in [-0.39, 0.29) is 0 Å². The molecule has 1 nitrogen and oxygen atoms in total. The fraction of sp³-hybridized carbons (Fsp3) is 0.333. The predicted octanol–water partition coefficient (Wildman–Crippen LogP) is 5.04. The van der Waals surface area contributed by atoms with Gasteiger partial charge in [0.05, 0.1) is 0 Å². The number of benzene rings is 2. The molecular weight excluding hydrogens is 310 g/mol. The van der Waals surface area contributed by atoms with E-state index in [0.29, 0.717) is 12.1 Å². The Morgan fingerprint density at radius 1 is 1.05 bits per heavy atom. The van der Waals surface area contributed by atoms with Crippen molar-refractivity contribution in [3.05, 3.63) is 69.7 Å². The lowest BCUT2D eigenvalue weighted by Crippen LogP contribution is -2.30. The summed E-state index contributed by atoms with van der Waals surface area (Å²) >= 11 is 3.47. The molecule has 0 bridgehead atoms. The van der Waals surface area contributed by atoms with Crippen molar-refractivity contribution in [3.8, 4) is 0 Å². The lowest BCUT2D eigenvalue weighted by Gasteiger charge is -2.21. The Kier molecular flexibility index (Phi) is 5.38. The van der Waals surface area contributed by atoms with Gasteiger partial charge in [-0.15, -0.1) is 0 Å². The van der Waals surface area contributed by atoms with E-state index in [9.17, 15) is 0 Å². The van der Waals surface area contributed by atoms with E-state index in [1.807, 2.05) is 0 Å². The van der Waals surface area contributed by atoms with Crippen LogP contribution in [0.4, 0.5) is 0 Å². The summed E-state index contributed by atoms with van der Waals surface area (Å²) in [5.74, 6) is 0. The van der Waals surface area contributed by atoms with Crippen molar-refractivity contribution in [2.24, 2.45) is 0 Å². The second-order valence-electron chi connectivity index (χ2n) is 5.53. The van der Waals surface area contributed by atoms with E-state index >= 15 is 0 Å². The molecule has 20 heavy (non-hydrogen) atoms. The van der Waals surface area contributed by atoms with Crippen molar-refractivity contribution in [3.63, 3.8) is 0 Å². The van der Waals surface area contributed by atoms with Crippen LogP contribution in [0.5, 0.6) is 0 Å². The maximum atomic E-state index is 3.67. The van der Waals surface area contributed by atoms with Gasteiger partial charge >= 0.3 is 0 Å². The van der Waals surface area contributed by atoms with Crippen molar-refractivity contribution in [1.29, 1.82) is 0 Å². The quantitative estimate of drug-likeness (QED) is 0.809. The third-order valence-electron chi connectivity index (χ3n) is 3.53. The molecule has 2 aromatic carbocycles. The summed E-state index contributed by atoms with van der Waals surface area (Å²) in [6, 6.07) is 18.1. The van der Waals surface area contributed by atoms with Gasteiger partial charge < -0.3 is 5.32 Å². The molecule has 0 heterocycles. The molecule has 2 aromatic rings. The van der Waals surface area contributed by atoms with Gasteiger partial charge in [0.25, 0.3) is 0 Å². The van der Waals surface area contributed by atoms with Crippen LogP contribution in [0.1, 0.15) is 36.6 Å². The number of halogens is 1. The van der Waals surface area contributed by atoms with Crippen molar-refractivity contribution >= 4 is 15.9 Å². The smallest absolute Gasteiger partial charge is 0.0294 e. The summed E-state index contributed by atoms with van der Waals surface area (Å²) in [5, 5.41) is 3.67. The van der Waals surface area contributed by atoms with Crippen molar-refractivity contribution < 1.29 is 0 Å². The Balaban J connectivity index is 1.93. The minimum atomic E-state index is 0.375. The number of nitrogens with one attached hydrogen (secondary N) is 1. The number of hydrogen-bond donors (Lipinski definition) is 1. The Morgan fingerprint density at radius 2 is 1.75 bits per heavy atom. The first-order chi connectivity index (χ1) is 9.54. The summed E-state index contributed by atoms with van der Waals surface area (Å²) in [4.78, 5) is 0. The van der Waals surface area contributed by atoms with Gasteiger partial charge in [0.15, 0.2) is 0 Å². The van der Waals surface area contributed by atoms with Crippen LogP contribution in [0, 0.1) is 6.92 Å². The molecule has 0 radical (unpaired) electrons. The summed E-state index contributed by atoms with van der Waals surface area (Å²) < 4.78 is 1.13. The highest BCUT2D eigenvalue weighted by Crippen LogP contribution is 2.16. The van der Waals surface area contributed by atoms with Crippen LogP contribution in [0.2, 0.25) is 0 Å². The van der Waals surface area contributed by atoms with Gasteiger partial charge in [0.2, 0.25) is 0 Å². The molecule has 0 aromatic heterocycles. The summed E-state index contributed by atoms with van der Waals surface area (Å²) in [7, 11) is 0. The van der Waals surface area contributed by atoms with Gasteiger partial charge in [0, 0.05) is 16.6 Å². The Bertz CT molecular complexity index is 548. The first-order valence-electron chi connectivity index (χ1n) is 7.11. The normalized spacial score (nSPS) is 14.0. The maximum absolute atomic E-state index is 3.67. The lowest BCUT2D eigenvalue weighted by molar-refractivity contribution is 0.477. The highest BCUT2D eigenvalue weighted by molar-refractivity contribution is 9.10. The lowest BCUT2D eigenvalue weighted by atomic mass is 10.0. The number of aryl methyl sites for hydroxylation is 1. The average Bonchev–Trinajstić information content (AvgIpc) is 2.41. The minimum Gasteiger partial charge on any atom is -0.307 e. The van der Waals surface area contributed by atoms with E-state index < -0.39 is 0 Å². The van der Waals surface area contributed by atoms with Crippen LogP contribution in [-0.2, 0) is 6.42 Å². The topological polar surface area (TPSA) is 12.0 Å². The van der Waals surface area contributed by atoms with Crippen LogP contribution in [0.25, 0.3) is 0 Å². The van der Waals surface area contributed by atoms with Gasteiger partial charge in [-0.05, 0) is 50.5 Å². The molecule has 0 amide bonds. The highest BCUT2D eigenvalue weighted by Gasteiger charge is 2.10. The van der Waals surface area contributed by atoms with Crippen LogP contribution < -0.4 is 5.32 Å². The third kappa shape index (κ3) is 4.46. The van der Waals surface area contributed by atoms with Crippen LogP contribution >= 0.6 is 15.9 Å². The fourth-order valence-electron chi connectivity index (χ4n) is 2.50. The SMILES string of the molecule is Cc1cccc([C@H](C)NC(C)Cc2ccc(Br)cc2)c1. The molecule has 2 atom stereocenters. The molecule has 0 aliphatic carbocycles. The van der Waals surface area contributed by atoms with Crippen LogP contribution in [-0.4, -0.2) is 6.04 Å². The standard InChI is InChI=1S/C18H22BrN/c1-13-5-4-6-17(11-13)15(3)20-14(2)12-16-7-9-18(19)10-8-16/h4-11,14-15,20H,12H2,1-3H3/t14?,15-/m0/s1. The molecule has 106 valence electrons. The molecule has 1 unspecified atom stereocenters. The Labute approximate surface area is 130 Å². The van der Waals surface area contributed by atoms with Gasteiger partial charge in [0.1, 0.15) is 0 Å². The fourth-order valence-corrected chi connectivity index (χ4v) is 2.76. The molecule has 2 heteroatoms. The molecule has 0 aliphatic rings. The number of rotatable bonds is 5. The number of hydrogen-bond acceptors (Lipinski definition) is 1. The third-order valence-corrected chi connectivity index (χ3v) is 4.06. The Hall–Kier alpha value is -1.12. The molecule has 0 saturated heterocycles. The molecule has 0 saturated carbocycles. The van der Waals surface area contributed by atoms with Gasteiger partial charge in [-0.2, -0.15) is 0 Å². The van der Waals surface area contributed by atoms with Gasteiger partial charge in [-0.3, -0.25) is 0 Å². The monoisotopic (exact) mass is 331 g/mol. The van der Waals surface area contributed by atoms with Crippen molar-refractivity contribution in [1.82, 2.24) is 5.32 Å². The average molecular weight is 332 g/mol. The zero-order valence-corrected chi connectivity index (χ0v) is 13.9. The molecular formula is C18H22BrN.